The van der Waals surface area contributed by atoms with Gasteiger partial charge in [0.1, 0.15) is 10.8 Å². The number of hydrogen-bond donors (Lipinski definition) is 0. The second-order valence-corrected chi connectivity index (χ2v) is 6.45. The highest BCUT2D eigenvalue weighted by atomic mass is 35.5. The summed E-state index contributed by atoms with van der Waals surface area (Å²) in [6.07, 6.45) is 1.84. The van der Waals surface area contributed by atoms with Gasteiger partial charge < -0.3 is 0 Å². The first kappa shape index (κ1) is 14.0. The van der Waals surface area contributed by atoms with Gasteiger partial charge in [-0.1, -0.05) is 56.6 Å². The Bertz CT molecular complexity index is 806. The lowest BCUT2D eigenvalue weighted by Gasteiger charge is -2.18. The Morgan fingerprint density at radius 3 is 2.38 bits per heavy atom. The number of rotatable bonds is 1. The first-order chi connectivity index (χ1) is 9.93. The summed E-state index contributed by atoms with van der Waals surface area (Å²) in [5, 5.41) is 2.66. The molecule has 106 valence electrons. The molecule has 2 aromatic heterocycles. The van der Waals surface area contributed by atoms with Crippen molar-refractivity contribution in [1.29, 1.82) is 0 Å². The molecule has 0 unspecified atom stereocenters. The van der Waals surface area contributed by atoms with Gasteiger partial charge in [0.2, 0.25) is 0 Å². The van der Waals surface area contributed by atoms with Crippen LogP contribution in [0.3, 0.4) is 0 Å². The lowest BCUT2D eigenvalue weighted by Crippen LogP contribution is -2.14. The van der Waals surface area contributed by atoms with Crippen molar-refractivity contribution in [3.8, 4) is 11.5 Å². The van der Waals surface area contributed by atoms with E-state index in [1.807, 2.05) is 36.5 Å². The molecular weight excluding hydrogens is 282 g/mol. The van der Waals surface area contributed by atoms with Crippen LogP contribution < -0.4 is 0 Å². The Balaban J connectivity index is 2.16. The quantitative estimate of drug-likeness (QED) is 0.614. The van der Waals surface area contributed by atoms with E-state index in [1.165, 1.54) is 0 Å². The van der Waals surface area contributed by atoms with Crippen LogP contribution in [0.25, 0.3) is 22.3 Å². The molecule has 21 heavy (non-hydrogen) atoms. The van der Waals surface area contributed by atoms with E-state index >= 15 is 0 Å². The maximum Gasteiger partial charge on any atom is 0.179 e. The summed E-state index contributed by atoms with van der Waals surface area (Å²) >= 11 is 6.15. The van der Waals surface area contributed by atoms with Crippen LogP contribution in [0.1, 0.15) is 26.5 Å². The summed E-state index contributed by atoms with van der Waals surface area (Å²) < 4.78 is 0. The van der Waals surface area contributed by atoms with Crippen LogP contribution in [-0.2, 0) is 5.41 Å². The molecule has 1 aromatic carbocycles. The van der Waals surface area contributed by atoms with Crippen LogP contribution in [-0.4, -0.2) is 15.0 Å². The van der Waals surface area contributed by atoms with Crippen molar-refractivity contribution in [2.45, 2.75) is 26.2 Å². The van der Waals surface area contributed by atoms with Gasteiger partial charge in [0.25, 0.3) is 0 Å². The molecule has 0 fully saturated rings. The molecule has 0 amide bonds. The van der Waals surface area contributed by atoms with Gasteiger partial charge in [-0.3, -0.25) is 4.98 Å². The molecule has 2 heterocycles. The van der Waals surface area contributed by atoms with Crippen molar-refractivity contribution >= 4 is 22.4 Å². The number of halogens is 1. The predicted molar refractivity (Wildman–Crippen MR) is 86.5 cm³/mol. The molecule has 0 radical (unpaired) electrons. The Labute approximate surface area is 129 Å². The van der Waals surface area contributed by atoms with E-state index in [4.69, 9.17) is 11.6 Å². The molecule has 0 spiro atoms. The SMILES string of the molecule is CC(C)(C)c1cc(Cl)nc(-c2cc3ccccc3cn2)n1. The third-order valence-electron chi connectivity index (χ3n) is 3.32. The number of aromatic nitrogens is 3. The fourth-order valence-corrected chi connectivity index (χ4v) is 2.31. The molecule has 0 aliphatic rings. The predicted octanol–water partition coefficient (Wildman–Crippen LogP) is 4.64. The number of benzene rings is 1. The average molecular weight is 298 g/mol. The molecule has 3 aromatic rings. The van der Waals surface area contributed by atoms with Crippen LogP contribution in [0.15, 0.2) is 42.6 Å². The van der Waals surface area contributed by atoms with Gasteiger partial charge in [0, 0.05) is 17.0 Å². The number of fused-ring (bicyclic) bond motifs is 1. The summed E-state index contributed by atoms with van der Waals surface area (Å²) in [5.41, 5.74) is 1.56. The molecule has 0 N–H and O–H groups in total. The van der Waals surface area contributed by atoms with Gasteiger partial charge in [-0.25, -0.2) is 9.97 Å². The first-order valence-electron chi connectivity index (χ1n) is 6.84. The minimum absolute atomic E-state index is 0.0851. The van der Waals surface area contributed by atoms with Gasteiger partial charge in [0.15, 0.2) is 5.82 Å². The van der Waals surface area contributed by atoms with Gasteiger partial charge in [-0.2, -0.15) is 0 Å². The third-order valence-corrected chi connectivity index (χ3v) is 3.52. The van der Waals surface area contributed by atoms with Crippen molar-refractivity contribution < 1.29 is 0 Å². The van der Waals surface area contributed by atoms with Crippen LogP contribution >= 0.6 is 11.6 Å². The van der Waals surface area contributed by atoms with Crippen LogP contribution in [0.5, 0.6) is 0 Å². The minimum Gasteiger partial charge on any atom is -0.252 e. The van der Waals surface area contributed by atoms with Crippen molar-refractivity contribution in [3.63, 3.8) is 0 Å². The summed E-state index contributed by atoms with van der Waals surface area (Å²) in [7, 11) is 0. The topological polar surface area (TPSA) is 38.7 Å². The van der Waals surface area contributed by atoms with E-state index in [0.29, 0.717) is 11.0 Å². The van der Waals surface area contributed by atoms with Gasteiger partial charge in [-0.05, 0) is 17.5 Å². The van der Waals surface area contributed by atoms with Gasteiger partial charge in [-0.15, -0.1) is 0 Å². The average Bonchev–Trinajstić information content (AvgIpc) is 2.45. The van der Waals surface area contributed by atoms with Crippen molar-refractivity contribution in [2.24, 2.45) is 0 Å². The zero-order valence-electron chi connectivity index (χ0n) is 12.3. The Morgan fingerprint density at radius 2 is 1.67 bits per heavy atom. The lowest BCUT2D eigenvalue weighted by molar-refractivity contribution is 0.567. The highest BCUT2D eigenvalue weighted by Crippen LogP contribution is 2.26. The van der Waals surface area contributed by atoms with Crippen LogP contribution in [0.2, 0.25) is 5.15 Å². The number of pyridine rings is 1. The maximum absolute atomic E-state index is 6.15. The third kappa shape index (κ3) is 2.88. The monoisotopic (exact) mass is 297 g/mol. The lowest BCUT2D eigenvalue weighted by atomic mass is 9.92. The van der Waals surface area contributed by atoms with Crippen LogP contribution in [0, 0.1) is 0 Å². The standard InChI is InChI=1S/C17H16ClN3/c1-17(2,3)14-9-15(18)21-16(20-14)13-8-11-6-4-5-7-12(11)10-19-13/h4-10H,1-3H3. The Hall–Kier alpha value is -2.00. The minimum atomic E-state index is -0.0851. The zero-order chi connectivity index (χ0) is 15.0. The van der Waals surface area contributed by atoms with Crippen LogP contribution in [0.4, 0.5) is 0 Å². The molecule has 3 rings (SSSR count). The first-order valence-corrected chi connectivity index (χ1v) is 7.21. The van der Waals surface area contributed by atoms with Gasteiger partial charge >= 0.3 is 0 Å². The second-order valence-electron chi connectivity index (χ2n) is 6.07. The van der Waals surface area contributed by atoms with Crippen molar-refractivity contribution in [3.05, 3.63) is 53.4 Å². The van der Waals surface area contributed by atoms with Crippen molar-refractivity contribution in [2.75, 3.05) is 0 Å². The normalized spacial score (nSPS) is 11.8. The maximum atomic E-state index is 6.15. The highest BCUT2D eigenvalue weighted by molar-refractivity contribution is 6.29. The molecular formula is C17H16ClN3. The van der Waals surface area contributed by atoms with E-state index in [-0.39, 0.29) is 5.41 Å². The largest absolute Gasteiger partial charge is 0.252 e. The highest BCUT2D eigenvalue weighted by Gasteiger charge is 2.18. The molecule has 4 heteroatoms. The summed E-state index contributed by atoms with van der Waals surface area (Å²) in [6, 6.07) is 11.9. The number of hydrogen-bond acceptors (Lipinski definition) is 3. The van der Waals surface area contributed by atoms with E-state index in [1.54, 1.807) is 0 Å². The van der Waals surface area contributed by atoms with E-state index in [0.717, 1.165) is 22.2 Å². The van der Waals surface area contributed by atoms with E-state index < -0.39 is 0 Å². The van der Waals surface area contributed by atoms with E-state index in [2.05, 4.69) is 41.8 Å². The molecule has 0 saturated heterocycles. The fourth-order valence-electron chi connectivity index (χ4n) is 2.12. The summed E-state index contributed by atoms with van der Waals surface area (Å²) in [4.78, 5) is 13.4. The second kappa shape index (κ2) is 5.08. The number of nitrogens with zero attached hydrogens (tertiary/aromatic N) is 3. The molecule has 0 aliphatic heterocycles. The summed E-state index contributed by atoms with van der Waals surface area (Å²) in [5.74, 6) is 0.568. The van der Waals surface area contributed by atoms with E-state index in [9.17, 15) is 0 Å². The molecule has 3 nitrogen and oxygen atoms in total. The Morgan fingerprint density at radius 1 is 0.952 bits per heavy atom. The molecule has 0 atom stereocenters. The zero-order valence-corrected chi connectivity index (χ0v) is 13.0. The van der Waals surface area contributed by atoms with Gasteiger partial charge in [0.05, 0.1) is 5.69 Å². The molecule has 0 bridgehead atoms. The fraction of sp³-hybridized carbons (Fsp3) is 0.235. The Kier molecular flexibility index (Phi) is 3.38. The summed E-state index contributed by atoms with van der Waals surface area (Å²) in [6.45, 7) is 6.30. The molecule has 0 saturated carbocycles. The van der Waals surface area contributed by atoms with Crippen molar-refractivity contribution in [1.82, 2.24) is 15.0 Å². The smallest absolute Gasteiger partial charge is 0.179 e. The molecule has 0 aliphatic carbocycles.